The quantitative estimate of drug-likeness (QED) is 0.132. The van der Waals surface area contributed by atoms with Crippen molar-refractivity contribution in [2.24, 2.45) is 5.92 Å². The van der Waals surface area contributed by atoms with Gasteiger partial charge in [-0.15, -0.1) is 0 Å². The number of aliphatic carboxylic acids is 1. The first kappa shape index (κ1) is 32.3. The lowest BCUT2D eigenvalue weighted by molar-refractivity contribution is -0.138. The van der Waals surface area contributed by atoms with E-state index in [4.69, 9.17) is 9.84 Å². The van der Waals surface area contributed by atoms with Crippen LogP contribution in [0.5, 0.6) is 5.75 Å². The number of carboxylic acid groups (broad SMARTS) is 2. The van der Waals surface area contributed by atoms with Crippen molar-refractivity contribution in [2.75, 3.05) is 0 Å². The highest BCUT2D eigenvalue weighted by atomic mass is 19.4. The van der Waals surface area contributed by atoms with Crippen molar-refractivity contribution in [1.82, 2.24) is 0 Å². The van der Waals surface area contributed by atoms with Crippen LogP contribution in [-0.4, -0.2) is 22.2 Å². The standard InChI is InChI=1S/C36H35F3O5/c37-36(38,39)32-21-19-29(20-22-32)28-14-12-27(13-15-28)24-44-33-7-3-2-6-30(33)16-9-25(5-1-4-8-34(40)41)23-26-10-17-31(18-11-26)35(42)43/h2-3,6-7,10-15,17-22,25H,1,4-5,8-9,16,23-24H2,(H,40,41)(H,42,43). The zero-order valence-electron chi connectivity index (χ0n) is 24.2. The van der Waals surface area contributed by atoms with E-state index in [0.717, 1.165) is 72.2 Å². The van der Waals surface area contributed by atoms with Crippen molar-refractivity contribution in [2.45, 2.75) is 57.7 Å². The summed E-state index contributed by atoms with van der Waals surface area (Å²) in [4.78, 5) is 22.2. The lowest BCUT2D eigenvalue weighted by Gasteiger charge is -2.19. The van der Waals surface area contributed by atoms with Gasteiger partial charge >= 0.3 is 18.1 Å². The van der Waals surface area contributed by atoms with Crippen LogP contribution in [0.3, 0.4) is 0 Å². The molecule has 0 aliphatic heterocycles. The van der Waals surface area contributed by atoms with Crippen molar-refractivity contribution in [1.29, 1.82) is 0 Å². The molecule has 0 saturated heterocycles. The number of unbranched alkanes of at least 4 members (excludes halogenated alkanes) is 1. The molecule has 5 nitrogen and oxygen atoms in total. The minimum Gasteiger partial charge on any atom is -0.489 e. The molecule has 230 valence electrons. The Kier molecular flexibility index (Phi) is 11.2. The fourth-order valence-electron chi connectivity index (χ4n) is 5.19. The van der Waals surface area contributed by atoms with Crippen molar-refractivity contribution in [3.05, 3.63) is 125 Å². The first-order valence-corrected chi connectivity index (χ1v) is 14.6. The van der Waals surface area contributed by atoms with E-state index in [9.17, 15) is 27.9 Å². The predicted molar refractivity (Wildman–Crippen MR) is 163 cm³/mol. The number of halogens is 3. The van der Waals surface area contributed by atoms with Crippen molar-refractivity contribution in [3.8, 4) is 16.9 Å². The van der Waals surface area contributed by atoms with Gasteiger partial charge in [-0.05, 0) is 89.8 Å². The van der Waals surface area contributed by atoms with Crippen LogP contribution in [0.1, 0.15) is 64.7 Å². The molecule has 1 unspecified atom stereocenters. The second kappa shape index (κ2) is 15.2. The maximum absolute atomic E-state index is 12.9. The molecule has 4 rings (SSSR count). The van der Waals surface area contributed by atoms with Gasteiger partial charge in [-0.25, -0.2) is 4.79 Å². The summed E-state index contributed by atoms with van der Waals surface area (Å²) in [6, 6.07) is 27.4. The number of carboxylic acids is 2. The zero-order valence-corrected chi connectivity index (χ0v) is 24.2. The molecular formula is C36H35F3O5. The molecule has 0 aliphatic rings. The smallest absolute Gasteiger partial charge is 0.416 e. The fraction of sp³-hybridized carbons (Fsp3) is 0.278. The SMILES string of the molecule is O=C(O)CCCCC(CCc1ccccc1OCc1ccc(-c2ccc(C(F)(F)F)cc2)cc1)Cc1ccc(C(=O)O)cc1. The maximum atomic E-state index is 12.9. The van der Waals surface area contributed by atoms with E-state index in [2.05, 4.69) is 0 Å². The number of carbonyl (C=O) groups is 2. The molecule has 8 heteroatoms. The molecule has 0 heterocycles. The molecule has 1 atom stereocenters. The summed E-state index contributed by atoms with van der Waals surface area (Å²) >= 11 is 0. The molecule has 0 aromatic heterocycles. The Hall–Kier alpha value is -4.59. The number of aryl methyl sites for hydroxylation is 1. The summed E-state index contributed by atoms with van der Waals surface area (Å²) < 4.78 is 44.8. The Bertz CT molecular complexity index is 1510. The minimum atomic E-state index is -4.37. The molecule has 0 saturated carbocycles. The zero-order chi connectivity index (χ0) is 31.5. The summed E-state index contributed by atoms with van der Waals surface area (Å²) in [5, 5.41) is 18.2. The lowest BCUT2D eigenvalue weighted by atomic mass is 9.88. The van der Waals surface area contributed by atoms with Gasteiger partial charge in [0.15, 0.2) is 0 Å². The van der Waals surface area contributed by atoms with Crippen LogP contribution >= 0.6 is 0 Å². The van der Waals surface area contributed by atoms with Gasteiger partial charge in [0.05, 0.1) is 11.1 Å². The molecule has 0 spiro atoms. The van der Waals surface area contributed by atoms with Gasteiger partial charge in [0, 0.05) is 6.42 Å². The molecule has 2 N–H and O–H groups in total. The van der Waals surface area contributed by atoms with Gasteiger partial charge in [0.1, 0.15) is 12.4 Å². The molecular weight excluding hydrogens is 569 g/mol. The lowest BCUT2D eigenvalue weighted by Crippen LogP contribution is -2.08. The Balaban J connectivity index is 1.37. The normalized spacial score (nSPS) is 12.1. The maximum Gasteiger partial charge on any atom is 0.416 e. The molecule has 0 aliphatic carbocycles. The first-order chi connectivity index (χ1) is 21.1. The second-order valence-corrected chi connectivity index (χ2v) is 10.9. The van der Waals surface area contributed by atoms with Gasteiger partial charge in [0.25, 0.3) is 0 Å². The topological polar surface area (TPSA) is 83.8 Å². The van der Waals surface area contributed by atoms with Gasteiger partial charge in [-0.3, -0.25) is 4.79 Å². The highest BCUT2D eigenvalue weighted by molar-refractivity contribution is 5.87. The van der Waals surface area contributed by atoms with Crippen molar-refractivity contribution in [3.63, 3.8) is 0 Å². The van der Waals surface area contributed by atoms with Crippen molar-refractivity contribution < 1.29 is 37.7 Å². The van der Waals surface area contributed by atoms with Gasteiger partial charge in [-0.1, -0.05) is 79.6 Å². The minimum absolute atomic E-state index is 0.141. The number of rotatable bonds is 15. The van der Waals surface area contributed by atoms with E-state index in [-0.39, 0.29) is 17.9 Å². The van der Waals surface area contributed by atoms with E-state index in [1.165, 1.54) is 12.1 Å². The largest absolute Gasteiger partial charge is 0.489 e. The van der Waals surface area contributed by atoms with Crippen molar-refractivity contribution >= 4 is 11.9 Å². The fourth-order valence-corrected chi connectivity index (χ4v) is 5.19. The van der Waals surface area contributed by atoms with E-state index in [1.54, 1.807) is 12.1 Å². The number of hydrogen-bond donors (Lipinski definition) is 2. The number of ether oxygens (including phenoxy) is 1. The van der Waals surface area contributed by atoms with E-state index >= 15 is 0 Å². The molecule has 0 fully saturated rings. The molecule has 4 aromatic rings. The molecule has 0 amide bonds. The van der Waals surface area contributed by atoms with E-state index in [0.29, 0.717) is 18.6 Å². The van der Waals surface area contributed by atoms with Crippen LogP contribution in [0.15, 0.2) is 97.1 Å². The van der Waals surface area contributed by atoms with Crippen LogP contribution in [0.4, 0.5) is 13.2 Å². The Morgan fingerprint density at radius 1 is 0.727 bits per heavy atom. The molecule has 0 bridgehead atoms. The summed E-state index contributed by atoms with van der Waals surface area (Å²) in [5.74, 6) is -0.709. The molecule has 4 aromatic carbocycles. The third-order valence-corrected chi connectivity index (χ3v) is 7.67. The second-order valence-electron chi connectivity index (χ2n) is 10.9. The number of para-hydroxylation sites is 1. The van der Waals surface area contributed by atoms with Crippen LogP contribution < -0.4 is 4.74 Å². The van der Waals surface area contributed by atoms with Crippen LogP contribution in [0, 0.1) is 5.92 Å². The summed E-state index contributed by atoms with van der Waals surface area (Å²) in [6.07, 6.45) is 0.432. The third-order valence-electron chi connectivity index (χ3n) is 7.67. The van der Waals surface area contributed by atoms with Gasteiger partial charge < -0.3 is 14.9 Å². The predicted octanol–water partition coefficient (Wildman–Crippen LogP) is 9.09. The number of alkyl halides is 3. The molecule has 44 heavy (non-hydrogen) atoms. The third kappa shape index (κ3) is 9.73. The highest BCUT2D eigenvalue weighted by Gasteiger charge is 2.30. The van der Waals surface area contributed by atoms with Gasteiger partial charge in [-0.2, -0.15) is 13.2 Å². The summed E-state index contributed by atoms with van der Waals surface area (Å²) in [6.45, 7) is 0.332. The van der Waals surface area contributed by atoms with E-state index < -0.39 is 23.7 Å². The first-order valence-electron chi connectivity index (χ1n) is 14.6. The van der Waals surface area contributed by atoms with Crippen LogP contribution in [-0.2, 0) is 30.4 Å². The molecule has 0 radical (unpaired) electrons. The summed E-state index contributed by atoms with van der Waals surface area (Å²) in [5.41, 5.74) is 4.11. The number of hydrogen-bond acceptors (Lipinski definition) is 3. The Labute approximate surface area is 255 Å². The van der Waals surface area contributed by atoms with Gasteiger partial charge in [0.2, 0.25) is 0 Å². The average molecular weight is 605 g/mol. The highest BCUT2D eigenvalue weighted by Crippen LogP contribution is 2.31. The average Bonchev–Trinajstić information content (AvgIpc) is 3.01. The van der Waals surface area contributed by atoms with Crippen LogP contribution in [0.2, 0.25) is 0 Å². The van der Waals surface area contributed by atoms with Crippen LogP contribution in [0.25, 0.3) is 11.1 Å². The monoisotopic (exact) mass is 604 g/mol. The Morgan fingerprint density at radius 2 is 1.34 bits per heavy atom. The summed E-state index contributed by atoms with van der Waals surface area (Å²) in [7, 11) is 0. The number of benzene rings is 4. The number of aromatic carboxylic acids is 1. The van der Waals surface area contributed by atoms with E-state index in [1.807, 2.05) is 60.7 Å². The Morgan fingerprint density at radius 3 is 1.95 bits per heavy atom.